The molecular weight excluding hydrogens is 446 g/mol. The summed E-state index contributed by atoms with van der Waals surface area (Å²) < 4.78 is 16.9. The predicted octanol–water partition coefficient (Wildman–Crippen LogP) is 3.75. The van der Waals surface area contributed by atoms with Crippen molar-refractivity contribution in [3.8, 4) is 29.7 Å². The molecule has 0 bridgehead atoms. The average molecular weight is 476 g/mol. The standard InChI is InChI=1S/C26H29N5O4/c1-5-33-22-11-17(7-8-21(22)35-16(3)4)23-20-13-31(25(32)34-6-2)10-9-18(20)19(12-27)24(30)26(23,14-28)15-29/h7-9,11,16,20,23H,5-6,10,13,30H2,1-4H3/t20-,23-/m1/s1. The molecule has 1 amide bonds. The van der Waals surface area contributed by atoms with Crippen molar-refractivity contribution in [3.05, 3.63) is 46.7 Å². The predicted molar refractivity (Wildman–Crippen MR) is 127 cm³/mol. The van der Waals surface area contributed by atoms with Crippen molar-refractivity contribution in [2.75, 3.05) is 26.3 Å². The molecule has 1 aliphatic carbocycles. The van der Waals surface area contributed by atoms with E-state index in [-0.39, 0.29) is 37.1 Å². The second-order valence-electron chi connectivity index (χ2n) is 8.59. The van der Waals surface area contributed by atoms with Gasteiger partial charge in [-0.25, -0.2) is 4.79 Å². The highest BCUT2D eigenvalue weighted by atomic mass is 16.6. The third-order valence-corrected chi connectivity index (χ3v) is 6.18. The summed E-state index contributed by atoms with van der Waals surface area (Å²) in [5.74, 6) is -0.304. The first-order valence-electron chi connectivity index (χ1n) is 11.6. The molecule has 0 spiro atoms. The molecule has 182 valence electrons. The molecule has 0 fully saturated rings. The zero-order valence-electron chi connectivity index (χ0n) is 20.4. The van der Waals surface area contributed by atoms with E-state index in [1.807, 2.05) is 20.8 Å². The van der Waals surface area contributed by atoms with Gasteiger partial charge in [0.1, 0.15) is 6.07 Å². The Hall–Kier alpha value is -4.16. The van der Waals surface area contributed by atoms with Gasteiger partial charge in [-0.2, -0.15) is 15.8 Å². The van der Waals surface area contributed by atoms with Gasteiger partial charge < -0.3 is 24.8 Å². The van der Waals surface area contributed by atoms with Gasteiger partial charge in [-0.05, 0) is 51.0 Å². The van der Waals surface area contributed by atoms with Crippen LogP contribution < -0.4 is 15.2 Å². The van der Waals surface area contributed by atoms with Gasteiger partial charge in [0.15, 0.2) is 16.9 Å². The first-order valence-corrected chi connectivity index (χ1v) is 11.6. The van der Waals surface area contributed by atoms with Gasteiger partial charge in [-0.15, -0.1) is 0 Å². The van der Waals surface area contributed by atoms with E-state index < -0.39 is 23.3 Å². The smallest absolute Gasteiger partial charge is 0.410 e. The Morgan fingerprint density at radius 1 is 1.20 bits per heavy atom. The van der Waals surface area contributed by atoms with Gasteiger partial charge in [-0.3, -0.25) is 0 Å². The van der Waals surface area contributed by atoms with E-state index in [1.54, 1.807) is 31.2 Å². The molecule has 0 saturated heterocycles. The van der Waals surface area contributed by atoms with Crippen molar-refractivity contribution in [2.45, 2.75) is 39.7 Å². The summed E-state index contributed by atoms with van der Waals surface area (Å²) in [4.78, 5) is 14.0. The number of benzene rings is 1. The number of rotatable bonds is 6. The van der Waals surface area contributed by atoms with Gasteiger partial charge in [0.25, 0.3) is 0 Å². The fraction of sp³-hybridized carbons (Fsp3) is 0.462. The number of fused-ring (bicyclic) bond motifs is 1. The van der Waals surface area contributed by atoms with Crippen LogP contribution in [0.25, 0.3) is 0 Å². The minimum Gasteiger partial charge on any atom is -0.490 e. The highest BCUT2D eigenvalue weighted by molar-refractivity contribution is 5.69. The van der Waals surface area contributed by atoms with E-state index in [0.29, 0.717) is 29.2 Å². The number of nitrogens with zero attached hydrogens (tertiary/aromatic N) is 4. The number of allylic oxidation sites excluding steroid dienone is 2. The molecule has 1 aromatic carbocycles. The zero-order valence-corrected chi connectivity index (χ0v) is 20.4. The molecule has 1 heterocycles. The molecule has 3 rings (SSSR count). The van der Waals surface area contributed by atoms with Crippen molar-refractivity contribution < 1.29 is 19.0 Å². The number of nitriles is 3. The first-order chi connectivity index (χ1) is 16.8. The lowest BCUT2D eigenvalue weighted by atomic mass is 9.58. The highest BCUT2D eigenvalue weighted by Crippen LogP contribution is 2.55. The van der Waals surface area contributed by atoms with E-state index >= 15 is 0 Å². The molecule has 9 nitrogen and oxygen atoms in total. The summed E-state index contributed by atoms with van der Waals surface area (Å²) in [5, 5.41) is 30.4. The molecule has 1 aliphatic heterocycles. The quantitative estimate of drug-likeness (QED) is 0.654. The normalized spacial score (nSPS) is 20.6. The largest absolute Gasteiger partial charge is 0.490 e. The Labute approximate surface area is 205 Å². The molecule has 1 aromatic rings. The van der Waals surface area contributed by atoms with Gasteiger partial charge in [-0.1, -0.05) is 12.1 Å². The lowest BCUT2D eigenvalue weighted by Gasteiger charge is -2.45. The van der Waals surface area contributed by atoms with Crippen molar-refractivity contribution in [3.63, 3.8) is 0 Å². The number of amides is 1. The Bertz CT molecular complexity index is 1170. The van der Waals surface area contributed by atoms with Crippen LogP contribution in [-0.2, 0) is 4.74 Å². The Morgan fingerprint density at radius 2 is 1.91 bits per heavy atom. The maximum atomic E-state index is 12.5. The van der Waals surface area contributed by atoms with Crippen LogP contribution in [0.3, 0.4) is 0 Å². The number of ether oxygens (including phenoxy) is 3. The van der Waals surface area contributed by atoms with Crippen LogP contribution in [0.5, 0.6) is 11.5 Å². The maximum Gasteiger partial charge on any atom is 0.410 e. The number of carbonyl (C=O) groups is 1. The third-order valence-electron chi connectivity index (χ3n) is 6.18. The second-order valence-corrected chi connectivity index (χ2v) is 8.59. The maximum absolute atomic E-state index is 12.5. The minimum absolute atomic E-state index is 0.0810. The van der Waals surface area contributed by atoms with E-state index in [2.05, 4.69) is 18.2 Å². The SMILES string of the molecule is CCOC(=O)N1CC=C2C(C#N)=C(N)C(C#N)(C#N)[C@H](c3ccc(OC(C)C)c(OCC)c3)[C@@H]2C1. The molecule has 0 saturated carbocycles. The third kappa shape index (κ3) is 4.48. The minimum atomic E-state index is -1.82. The summed E-state index contributed by atoms with van der Waals surface area (Å²) in [6.45, 7) is 8.36. The number of hydrogen-bond donors (Lipinski definition) is 1. The van der Waals surface area contributed by atoms with Gasteiger partial charge in [0.2, 0.25) is 0 Å². The number of hydrogen-bond acceptors (Lipinski definition) is 8. The first kappa shape index (κ1) is 25.5. The Kier molecular flexibility index (Phi) is 7.57. The van der Waals surface area contributed by atoms with Crippen molar-refractivity contribution in [1.82, 2.24) is 4.90 Å². The summed E-state index contributed by atoms with van der Waals surface area (Å²) in [6, 6.07) is 11.6. The molecule has 35 heavy (non-hydrogen) atoms. The van der Waals surface area contributed by atoms with Gasteiger partial charge in [0, 0.05) is 24.9 Å². The Balaban J connectivity index is 2.24. The molecule has 0 radical (unpaired) electrons. The van der Waals surface area contributed by atoms with Crippen LogP contribution >= 0.6 is 0 Å². The van der Waals surface area contributed by atoms with Crippen LogP contribution in [0.15, 0.2) is 41.1 Å². The lowest BCUT2D eigenvalue weighted by Crippen LogP contribution is -2.49. The topological polar surface area (TPSA) is 145 Å². The van der Waals surface area contributed by atoms with Crippen LogP contribution in [0, 0.1) is 45.3 Å². The second kappa shape index (κ2) is 10.4. The van der Waals surface area contributed by atoms with Gasteiger partial charge in [0.05, 0.1) is 42.7 Å². The zero-order chi connectivity index (χ0) is 25.8. The molecule has 2 atom stereocenters. The van der Waals surface area contributed by atoms with E-state index in [0.717, 1.165) is 0 Å². The van der Waals surface area contributed by atoms with Crippen molar-refractivity contribution >= 4 is 6.09 Å². The molecule has 0 aromatic heterocycles. The highest BCUT2D eigenvalue weighted by Gasteiger charge is 2.55. The molecule has 0 unspecified atom stereocenters. The van der Waals surface area contributed by atoms with Crippen LogP contribution in [-0.4, -0.2) is 43.4 Å². The van der Waals surface area contributed by atoms with Crippen molar-refractivity contribution in [2.24, 2.45) is 17.1 Å². The number of carbonyl (C=O) groups excluding carboxylic acids is 1. The monoisotopic (exact) mass is 475 g/mol. The van der Waals surface area contributed by atoms with Crippen LogP contribution in [0.4, 0.5) is 4.79 Å². The van der Waals surface area contributed by atoms with Crippen LogP contribution in [0.1, 0.15) is 39.2 Å². The molecular formula is C26H29N5O4. The fourth-order valence-corrected chi connectivity index (χ4v) is 4.76. The van der Waals surface area contributed by atoms with Crippen molar-refractivity contribution in [1.29, 1.82) is 15.8 Å². The fourth-order valence-electron chi connectivity index (χ4n) is 4.76. The summed E-state index contributed by atoms with van der Waals surface area (Å²) in [5.41, 5.74) is 5.82. The van der Waals surface area contributed by atoms with E-state index in [4.69, 9.17) is 19.9 Å². The van der Waals surface area contributed by atoms with Gasteiger partial charge >= 0.3 is 6.09 Å². The summed E-state index contributed by atoms with van der Waals surface area (Å²) in [6.07, 6.45) is 1.16. The van der Waals surface area contributed by atoms with E-state index in [9.17, 15) is 20.6 Å². The van der Waals surface area contributed by atoms with E-state index in [1.165, 1.54) is 4.90 Å². The molecule has 9 heteroatoms. The molecule has 2 N–H and O–H groups in total. The lowest BCUT2D eigenvalue weighted by molar-refractivity contribution is 0.0999. The Morgan fingerprint density at radius 3 is 2.49 bits per heavy atom. The average Bonchev–Trinajstić information content (AvgIpc) is 2.84. The number of nitrogens with two attached hydrogens (primary N) is 1. The summed E-state index contributed by atoms with van der Waals surface area (Å²) in [7, 11) is 0. The summed E-state index contributed by atoms with van der Waals surface area (Å²) >= 11 is 0. The molecule has 2 aliphatic rings. The van der Waals surface area contributed by atoms with Crippen LogP contribution in [0.2, 0.25) is 0 Å².